The van der Waals surface area contributed by atoms with Gasteiger partial charge in [0.15, 0.2) is 11.3 Å². The molecule has 2 heterocycles. The van der Waals surface area contributed by atoms with Gasteiger partial charge >= 0.3 is 6.18 Å². The zero-order valence-corrected chi connectivity index (χ0v) is 12.7. The van der Waals surface area contributed by atoms with E-state index in [9.17, 15) is 13.2 Å². The van der Waals surface area contributed by atoms with E-state index in [1.54, 1.807) is 42.5 Å². The Morgan fingerprint density at radius 1 is 0.958 bits per heavy atom. The Bertz CT molecular complexity index is 1050. The number of aryl methyl sites for hydroxylation is 1. The fourth-order valence-corrected chi connectivity index (χ4v) is 2.83. The van der Waals surface area contributed by atoms with E-state index in [0.717, 1.165) is 5.56 Å². The lowest BCUT2D eigenvalue weighted by Gasteiger charge is -2.05. The molecule has 0 N–H and O–H groups in total. The number of fused-ring (bicyclic) bond motifs is 2. The van der Waals surface area contributed by atoms with Crippen molar-refractivity contribution in [2.75, 3.05) is 0 Å². The average Bonchev–Trinajstić information content (AvgIpc) is 2.93. The summed E-state index contributed by atoms with van der Waals surface area (Å²) >= 11 is 0. The summed E-state index contributed by atoms with van der Waals surface area (Å²) in [5.74, 6) is 0. The zero-order chi connectivity index (χ0) is 16.9. The molecule has 2 aromatic heterocycles. The van der Waals surface area contributed by atoms with Crippen molar-refractivity contribution in [3.63, 3.8) is 0 Å². The molecular formula is C18H12F3N3. The summed E-state index contributed by atoms with van der Waals surface area (Å²) in [6, 6.07) is 15.7. The Kier molecular flexibility index (Phi) is 3.09. The fourth-order valence-electron chi connectivity index (χ4n) is 2.83. The van der Waals surface area contributed by atoms with Crippen molar-refractivity contribution in [2.24, 2.45) is 0 Å². The summed E-state index contributed by atoms with van der Waals surface area (Å²) in [6.07, 6.45) is -4.54. The van der Waals surface area contributed by atoms with Crippen LogP contribution in [-0.4, -0.2) is 14.8 Å². The first-order valence-corrected chi connectivity index (χ1v) is 7.37. The van der Waals surface area contributed by atoms with Crippen LogP contribution in [0.5, 0.6) is 0 Å². The normalized spacial score (nSPS) is 12.2. The molecule has 0 bridgehead atoms. The lowest BCUT2D eigenvalue weighted by Crippen LogP contribution is -2.07. The molecule has 3 nitrogen and oxygen atoms in total. The molecule has 0 radical (unpaired) electrons. The maximum atomic E-state index is 13.4. The number of alkyl halides is 3. The number of hydrogen-bond donors (Lipinski definition) is 0. The molecule has 0 unspecified atom stereocenters. The number of aromatic nitrogens is 3. The summed E-state index contributed by atoms with van der Waals surface area (Å²) in [5.41, 5.74) is 1.41. The zero-order valence-electron chi connectivity index (χ0n) is 12.7. The van der Waals surface area contributed by atoms with Gasteiger partial charge in [-0.15, -0.1) is 0 Å². The Labute approximate surface area is 135 Å². The van der Waals surface area contributed by atoms with Crippen LogP contribution in [-0.2, 0) is 6.18 Å². The number of benzene rings is 2. The van der Waals surface area contributed by atoms with Crippen LogP contribution in [0.15, 0.2) is 54.6 Å². The highest BCUT2D eigenvalue weighted by molar-refractivity contribution is 5.94. The first kappa shape index (κ1) is 14.7. The molecule has 24 heavy (non-hydrogen) atoms. The summed E-state index contributed by atoms with van der Waals surface area (Å²) in [6.45, 7) is 1.88. The second-order valence-electron chi connectivity index (χ2n) is 5.60. The van der Waals surface area contributed by atoms with Crippen molar-refractivity contribution in [1.82, 2.24) is 14.8 Å². The highest BCUT2D eigenvalue weighted by atomic mass is 19.4. The van der Waals surface area contributed by atoms with Gasteiger partial charge in [0.1, 0.15) is 0 Å². The summed E-state index contributed by atoms with van der Waals surface area (Å²) in [7, 11) is 0. The number of hydrogen-bond acceptors (Lipinski definition) is 2. The molecule has 120 valence electrons. The Morgan fingerprint density at radius 3 is 2.42 bits per heavy atom. The van der Waals surface area contributed by atoms with Crippen LogP contribution in [0.2, 0.25) is 0 Å². The van der Waals surface area contributed by atoms with Crippen LogP contribution in [0.25, 0.3) is 27.6 Å². The van der Waals surface area contributed by atoms with Crippen LogP contribution in [0, 0.1) is 6.92 Å². The summed E-state index contributed by atoms with van der Waals surface area (Å²) < 4.78 is 41.5. The summed E-state index contributed by atoms with van der Waals surface area (Å²) in [5, 5.41) is 4.48. The minimum atomic E-state index is -4.54. The van der Waals surface area contributed by atoms with Crippen molar-refractivity contribution in [3.05, 3.63) is 65.9 Å². The summed E-state index contributed by atoms with van der Waals surface area (Å²) in [4.78, 5) is 4.49. The lowest BCUT2D eigenvalue weighted by molar-refractivity contribution is -0.140. The molecule has 0 aliphatic heterocycles. The largest absolute Gasteiger partial charge is 0.435 e. The van der Waals surface area contributed by atoms with Crippen LogP contribution >= 0.6 is 0 Å². The molecule has 0 fully saturated rings. The third kappa shape index (κ3) is 2.22. The van der Waals surface area contributed by atoms with E-state index in [4.69, 9.17) is 0 Å². The predicted molar refractivity (Wildman–Crippen MR) is 86.1 cm³/mol. The first-order valence-electron chi connectivity index (χ1n) is 7.37. The predicted octanol–water partition coefficient (Wildman–Crippen LogP) is 4.90. The van der Waals surface area contributed by atoms with Gasteiger partial charge in [-0.1, -0.05) is 36.4 Å². The van der Waals surface area contributed by atoms with Crippen molar-refractivity contribution < 1.29 is 13.2 Å². The van der Waals surface area contributed by atoms with Gasteiger partial charge in [-0.25, -0.2) is 9.67 Å². The van der Waals surface area contributed by atoms with Crippen LogP contribution in [0.1, 0.15) is 11.3 Å². The number of para-hydroxylation sites is 2. The van der Waals surface area contributed by atoms with Crippen molar-refractivity contribution in [3.8, 4) is 5.69 Å². The lowest BCUT2D eigenvalue weighted by atomic mass is 10.1. The van der Waals surface area contributed by atoms with Gasteiger partial charge in [0, 0.05) is 5.39 Å². The van der Waals surface area contributed by atoms with Gasteiger partial charge in [-0.2, -0.15) is 18.3 Å². The SMILES string of the molecule is Cc1cccc2cc3c(C(F)(F)F)nn(-c4ccccc4)c3nc12. The quantitative estimate of drug-likeness (QED) is 0.498. The Hall–Kier alpha value is -2.89. The van der Waals surface area contributed by atoms with Crippen molar-refractivity contribution in [2.45, 2.75) is 13.1 Å². The Morgan fingerprint density at radius 2 is 1.71 bits per heavy atom. The van der Waals surface area contributed by atoms with Crippen LogP contribution in [0.3, 0.4) is 0 Å². The van der Waals surface area contributed by atoms with Crippen LogP contribution < -0.4 is 0 Å². The molecule has 2 aromatic carbocycles. The monoisotopic (exact) mass is 327 g/mol. The van der Waals surface area contributed by atoms with E-state index < -0.39 is 11.9 Å². The van der Waals surface area contributed by atoms with E-state index in [-0.39, 0.29) is 11.0 Å². The molecule has 6 heteroatoms. The molecule has 0 atom stereocenters. The standard InChI is InChI=1S/C18H12F3N3/c1-11-6-5-7-12-10-14-16(18(19,20)21)23-24(17(14)22-15(11)12)13-8-3-2-4-9-13/h2-10H,1H3. The molecule has 0 aliphatic carbocycles. The molecule has 4 aromatic rings. The third-order valence-corrected chi connectivity index (χ3v) is 3.95. The number of halogens is 3. The molecule has 0 saturated carbocycles. The minimum Gasteiger partial charge on any atom is -0.228 e. The van der Waals surface area contributed by atoms with Crippen LogP contribution in [0.4, 0.5) is 13.2 Å². The van der Waals surface area contributed by atoms with E-state index >= 15 is 0 Å². The fraction of sp³-hybridized carbons (Fsp3) is 0.111. The first-order chi connectivity index (χ1) is 11.4. The molecule has 0 spiro atoms. The minimum absolute atomic E-state index is 0.00412. The van der Waals surface area contributed by atoms with Gasteiger partial charge < -0.3 is 0 Å². The molecular weight excluding hydrogens is 315 g/mol. The van der Waals surface area contributed by atoms with Gasteiger partial charge in [0.05, 0.1) is 16.6 Å². The van der Waals surface area contributed by atoms with Gasteiger partial charge in [0.2, 0.25) is 0 Å². The molecule has 0 amide bonds. The van der Waals surface area contributed by atoms with E-state index in [0.29, 0.717) is 16.6 Å². The van der Waals surface area contributed by atoms with Gasteiger partial charge in [0.25, 0.3) is 0 Å². The second-order valence-corrected chi connectivity index (χ2v) is 5.60. The van der Waals surface area contributed by atoms with Gasteiger partial charge in [-0.05, 0) is 30.7 Å². The van der Waals surface area contributed by atoms with E-state index in [1.807, 2.05) is 13.0 Å². The third-order valence-electron chi connectivity index (χ3n) is 3.95. The maximum absolute atomic E-state index is 13.4. The molecule has 0 saturated heterocycles. The smallest absolute Gasteiger partial charge is 0.228 e. The maximum Gasteiger partial charge on any atom is 0.435 e. The van der Waals surface area contributed by atoms with Gasteiger partial charge in [-0.3, -0.25) is 0 Å². The molecule has 0 aliphatic rings. The topological polar surface area (TPSA) is 30.7 Å². The van der Waals surface area contributed by atoms with E-state index in [2.05, 4.69) is 10.1 Å². The van der Waals surface area contributed by atoms with Crippen molar-refractivity contribution >= 4 is 21.9 Å². The van der Waals surface area contributed by atoms with E-state index in [1.165, 1.54) is 10.7 Å². The Balaban J connectivity index is 2.15. The highest BCUT2D eigenvalue weighted by Gasteiger charge is 2.37. The second kappa shape index (κ2) is 5.06. The highest BCUT2D eigenvalue weighted by Crippen LogP contribution is 2.36. The molecule has 4 rings (SSSR count). The average molecular weight is 327 g/mol. The number of rotatable bonds is 1. The number of nitrogens with zero attached hydrogens (tertiary/aromatic N) is 3. The van der Waals surface area contributed by atoms with Crippen molar-refractivity contribution in [1.29, 1.82) is 0 Å². The number of pyridine rings is 1.